The number of nitrogens with one attached hydrogen (secondary N) is 1. The standard InChI is InChI=1S/C26H32N6O4/c33-25(27-7-10-30-11-13-34-14-12-30)20-3-1-8-31(16-20)17-21-24(29-26-28-6-2-9-32(21)26)19-4-5-22-23(15-19)36-18-35-22/h2,4-6,9,15,20H,1,3,7-8,10-14,16-18H2,(H,27,33). The highest BCUT2D eigenvalue weighted by Gasteiger charge is 2.28. The Labute approximate surface area is 210 Å². The third kappa shape index (κ3) is 4.88. The number of carbonyl (C=O) groups is 1. The van der Waals surface area contributed by atoms with Crippen molar-refractivity contribution < 1.29 is 19.0 Å². The molecule has 190 valence electrons. The minimum atomic E-state index is -0.00487. The van der Waals surface area contributed by atoms with E-state index in [0.29, 0.717) is 18.9 Å². The third-order valence-corrected chi connectivity index (χ3v) is 7.23. The molecule has 1 N–H and O–H groups in total. The summed E-state index contributed by atoms with van der Waals surface area (Å²) in [5, 5.41) is 3.17. The van der Waals surface area contributed by atoms with Crippen molar-refractivity contribution in [3.8, 4) is 22.8 Å². The fraction of sp³-hybridized carbons (Fsp3) is 0.500. The van der Waals surface area contributed by atoms with Gasteiger partial charge in [-0.3, -0.25) is 19.0 Å². The zero-order chi connectivity index (χ0) is 24.3. The summed E-state index contributed by atoms with van der Waals surface area (Å²) in [6.07, 6.45) is 5.67. The van der Waals surface area contributed by atoms with Crippen molar-refractivity contribution in [2.45, 2.75) is 19.4 Å². The maximum Gasteiger partial charge on any atom is 0.234 e. The molecule has 3 aliphatic rings. The lowest BCUT2D eigenvalue weighted by Crippen LogP contribution is -2.45. The number of hydrogen-bond acceptors (Lipinski definition) is 8. The van der Waals surface area contributed by atoms with Gasteiger partial charge < -0.3 is 19.5 Å². The molecule has 2 aromatic heterocycles. The molecule has 5 heterocycles. The van der Waals surface area contributed by atoms with Crippen LogP contribution in [-0.4, -0.2) is 89.4 Å². The van der Waals surface area contributed by atoms with E-state index in [1.165, 1.54) is 0 Å². The first-order valence-corrected chi connectivity index (χ1v) is 12.8. The van der Waals surface area contributed by atoms with Crippen molar-refractivity contribution in [1.29, 1.82) is 0 Å². The number of hydrogen-bond donors (Lipinski definition) is 1. The van der Waals surface area contributed by atoms with Crippen molar-refractivity contribution in [3.63, 3.8) is 0 Å². The van der Waals surface area contributed by atoms with Gasteiger partial charge in [-0.05, 0) is 43.7 Å². The van der Waals surface area contributed by atoms with Crippen LogP contribution >= 0.6 is 0 Å². The number of morpholine rings is 1. The molecule has 2 saturated heterocycles. The highest BCUT2D eigenvalue weighted by Crippen LogP contribution is 2.37. The molecule has 1 atom stereocenters. The summed E-state index contributed by atoms with van der Waals surface area (Å²) in [5.41, 5.74) is 2.91. The van der Waals surface area contributed by atoms with Crippen LogP contribution in [0, 0.1) is 5.92 Å². The molecule has 2 fully saturated rings. The third-order valence-electron chi connectivity index (χ3n) is 7.23. The fourth-order valence-electron chi connectivity index (χ4n) is 5.29. The van der Waals surface area contributed by atoms with E-state index in [1.54, 1.807) is 6.20 Å². The zero-order valence-electron chi connectivity index (χ0n) is 20.4. The number of rotatable bonds is 7. The maximum atomic E-state index is 13.0. The number of ether oxygens (including phenoxy) is 3. The van der Waals surface area contributed by atoms with E-state index >= 15 is 0 Å². The fourth-order valence-corrected chi connectivity index (χ4v) is 5.29. The molecule has 0 spiro atoms. The second-order valence-corrected chi connectivity index (χ2v) is 9.58. The van der Waals surface area contributed by atoms with Crippen LogP contribution in [0.4, 0.5) is 0 Å². The number of nitrogens with zero attached hydrogens (tertiary/aromatic N) is 5. The van der Waals surface area contributed by atoms with Gasteiger partial charge in [0.2, 0.25) is 18.5 Å². The van der Waals surface area contributed by atoms with Crippen LogP contribution in [0.3, 0.4) is 0 Å². The molecule has 0 aliphatic carbocycles. The van der Waals surface area contributed by atoms with Gasteiger partial charge in [-0.1, -0.05) is 0 Å². The highest BCUT2D eigenvalue weighted by molar-refractivity contribution is 5.79. The predicted octanol–water partition coefficient (Wildman–Crippen LogP) is 1.79. The van der Waals surface area contributed by atoms with Crippen LogP contribution in [0.25, 0.3) is 17.0 Å². The molecule has 1 aromatic carbocycles. The van der Waals surface area contributed by atoms with Crippen molar-refractivity contribution in [2.75, 3.05) is 59.3 Å². The van der Waals surface area contributed by atoms with E-state index in [0.717, 1.165) is 87.2 Å². The maximum absolute atomic E-state index is 13.0. The summed E-state index contributed by atoms with van der Waals surface area (Å²) in [5.74, 6) is 2.30. The normalized spacial score (nSPS) is 20.6. The molecule has 6 rings (SSSR count). The second kappa shape index (κ2) is 10.4. The van der Waals surface area contributed by atoms with E-state index in [-0.39, 0.29) is 18.6 Å². The molecular weight excluding hydrogens is 460 g/mol. The van der Waals surface area contributed by atoms with Gasteiger partial charge in [0, 0.05) is 57.2 Å². The number of fused-ring (bicyclic) bond motifs is 2. The number of carbonyl (C=O) groups excluding carboxylic acids is 1. The minimum absolute atomic E-state index is 0.00487. The van der Waals surface area contributed by atoms with Crippen LogP contribution < -0.4 is 14.8 Å². The average molecular weight is 493 g/mol. The molecule has 0 saturated carbocycles. The highest BCUT2D eigenvalue weighted by atomic mass is 16.7. The Kier molecular flexibility index (Phi) is 6.71. The molecule has 0 bridgehead atoms. The van der Waals surface area contributed by atoms with Gasteiger partial charge in [-0.2, -0.15) is 0 Å². The van der Waals surface area contributed by atoms with Gasteiger partial charge >= 0.3 is 0 Å². The minimum Gasteiger partial charge on any atom is -0.454 e. The zero-order valence-corrected chi connectivity index (χ0v) is 20.4. The molecule has 10 nitrogen and oxygen atoms in total. The molecular formula is C26H32N6O4. The number of aromatic nitrogens is 3. The Bertz CT molecular complexity index is 1220. The van der Waals surface area contributed by atoms with E-state index in [1.807, 2.05) is 34.9 Å². The van der Waals surface area contributed by atoms with Crippen LogP contribution in [0.5, 0.6) is 11.5 Å². The van der Waals surface area contributed by atoms with Crippen LogP contribution in [0.15, 0.2) is 36.7 Å². The topological polar surface area (TPSA) is 93.5 Å². The van der Waals surface area contributed by atoms with Crippen molar-refractivity contribution in [2.24, 2.45) is 5.92 Å². The summed E-state index contributed by atoms with van der Waals surface area (Å²) in [4.78, 5) is 27.0. The Morgan fingerprint density at radius 1 is 1.11 bits per heavy atom. The number of amides is 1. The lowest BCUT2D eigenvalue weighted by molar-refractivity contribution is -0.126. The first-order valence-electron chi connectivity index (χ1n) is 12.8. The number of imidazole rings is 1. The quantitative estimate of drug-likeness (QED) is 0.534. The van der Waals surface area contributed by atoms with Gasteiger partial charge in [-0.25, -0.2) is 9.97 Å². The lowest BCUT2D eigenvalue weighted by Gasteiger charge is -2.32. The van der Waals surface area contributed by atoms with Gasteiger partial charge in [0.05, 0.1) is 30.5 Å². The molecule has 3 aromatic rings. The predicted molar refractivity (Wildman–Crippen MR) is 133 cm³/mol. The molecule has 0 radical (unpaired) electrons. The Hall–Kier alpha value is -3.21. The van der Waals surface area contributed by atoms with Gasteiger partial charge in [-0.15, -0.1) is 0 Å². The number of likely N-dealkylation sites (tertiary alicyclic amines) is 1. The van der Waals surface area contributed by atoms with Crippen LogP contribution in [-0.2, 0) is 16.1 Å². The summed E-state index contributed by atoms with van der Waals surface area (Å²) in [6, 6.07) is 7.84. The van der Waals surface area contributed by atoms with Crippen LogP contribution in [0.1, 0.15) is 18.5 Å². The van der Waals surface area contributed by atoms with Gasteiger partial charge in [0.25, 0.3) is 0 Å². The first-order chi connectivity index (χ1) is 17.7. The molecule has 1 amide bonds. The largest absolute Gasteiger partial charge is 0.454 e. The number of piperidine rings is 1. The summed E-state index contributed by atoms with van der Waals surface area (Å²) in [7, 11) is 0. The number of benzene rings is 1. The second-order valence-electron chi connectivity index (χ2n) is 9.58. The van der Waals surface area contributed by atoms with Gasteiger partial charge in [0.15, 0.2) is 11.5 Å². The Morgan fingerprint density at radius 2 is 2.00 bits per heavy atom. The van der Waals surface area contributed by atoms with Crippen molar-refractivity contribution in [3.05, 3.63) is 42.4 Å². The first kappa shape index (κ1) is 23.2. The van der Waals surface area contributed by atoms with E-state index in [9.17, 15) is 4.79 Å². The van der Waals surface area contributed by atoms with Crippen LogP contribution in [0.2, 0.25) is 0 Å². The molecule has 3 aliphatic heterocycles. The monoisotopic (exact) mass is 492 g/mol. The van der Waals surface area contributed by atoms with Gasteiger partial charge in [0.1, 0.15) is 0 Å². The van der Waals surface area contributed by atoms with E-state index in [4.69, 9.17) is 19.2 Å². The Balaban J connectivity index is 1.15. The summed E-state index contributed by atoms with van der Waals surface area (Å²) < 4.78 is 18.5. The SMILES string of the molecule is O=C(NCCN1CCOCC1)C1CCCN(Cc2c(-c3ccc4c(c3)OCO4)nc3ncccn23)C1. The summed E-state index contributed by atoms with van der Waals surface area (Å²) >= 11 is 0. The van der Waals surface area contributed by atoms with Crippen molar-refractivity contribution in [1.82, 2.24) is 29.5 Å². The molecule has 36 heavy (non-hydrogen) atoms. The average Bonchev–Trinajstić information content (AvgIpc) is 3.54. The van der Waals surface area contributed by atoms with Crippen molar-refractivity contribution >= 4 is 11.7 Å². The smallest absolute Gasteiger partial charge is 0.234 e. The molecule has 1 unspecified atom stereocenters. The summed E-state index contributed by atoms with van der Waals surface area (Å²) in [6.45, 7) is 7.60. The Morgan fingerprint density at radius 3 is 2.92 bits per heavy atom. The van der Waals surface area contributed by atoms with E-state index in [2.05, 4.69) is 20.1 Å². The molecule has 10 heteroatoms. The van der Waals surface area contributed by atoms with E-state index < -0.39 is 0 Å². The lowest BCUT2D eigenvalue weighted by atomic mass is 9.96.